The first-order chi connectivity index (χ1) is 7.79. The molecule has 0 unspecified atom stereocenters. The number of hydrogen-bond donors (Lipinski definition) is 2. The summed E-state index contributed by atoms with van der Waals surface area (Å²) < 4.78 is 22.7. The van der Waals surface area contributed by atoms with Gasteiger partial charge in [-0.3, -0.25) is 4.79 Å². The molecule has 1 aromatic rings. The average Bonchev–Trinajstić information content (AvgIpc) is 2.14. The Kier molecular flexibility index (Phi) is 4.06. The molecule has 0 aromatic carbocycles. The number of aromatic nitrogens is 1. The molecule has 0 amide bonds. The number of nitrogens with two attached hydrogens (primary N) is 1. The minimum Gasteiger partial charge on any atom is -0.481 e. The molecule has 1 rings (SSSR count). The number of pyridine rings is 1. The Labute approximate surface area is 99.4 Å². The lowest BCUT2D eigenvalue weighted by atomic mass is 10.2. The molecular weight excluding hydrogens is 244 g/mol. The largest absolute Gasteiger partial charge is 0.481 e. The smallest absolute Gasteiger partial charge is 0.303 e. The highest BCUT2D eigenvalue weighted by Crippen LogP contribution is 2.15. The first kappa shape index (κ1) is 13.4. The Morgan fingerprint density at radius 1 is 1.47 bits per heavy atom. The van der Waals surface area contributed by atoms with Gasteiger partial charge in [-0.1, -0.05) is 0 Å². The minimum absolute atomic E-state index is 0.0185. The molecule has 0 aliphatic carbocycles. The summed E-state index contributed by atoms with van der Waals surface area (Å²) in [6.07, 6.45) is 1.89. The molecule has 0 saturated heterocycles. The molecule has 0 bridgehead atoms. The minimum atomic E-state index is -3.33. The van der Waals surface area contributed by atoms with E-state index in [9.17, 15) is 13.2 Å². The summed E-state index contributed by atoms with van der Waals surface area (Å²) in [5.74, 6) is -0.768. The first-order valence-electron chi connectivity index (χ1n) is 4.97. The number of aryl methyl sites for hydroxylation is 1. The van der Waals surface area contributed by atoms with E-state index in [0.717, 1.165) is 6.26 Å². The van der Waals surface area contributed by atoms with Crippen molar-refractivity contribution in [2.75, 3.05) is 12.0 Å². The lowest BCUT2D eigenvalue weighted by molar-refractivity contribution is -0.137. The molecule has 17 heavy (non-hydrogen) atoms. The van der Waals surface area contributed by atoms with Crippen LogP contribution < -0.4 is 5.73 Å². The predicted octanol–water partition coefficient (Wildman–Crippen LogP) is 0.475. The van der Waals surface area contributed by atoms with Crippen LogP contribution in [0.3, 0.4) is 0 Å². The maximum Gasteiger partial charge on any atom is 0.303 e. The number of carboxylic acids is 1. The Balaban J connectivity index is 2.87. The molecule has 0 aliphatic rings. The second kappa shape index (κ2) is 5.13. The molecule has 0 radical (unpaired) electrons. The number of aliphatic carboxylic acids is 1. The van der Waals surface area contributed by atoms with Crippen LogP contribution in [-0.2, 0) is 21.1 Å². The van der Waals surface area contributed by atoms with Gasteiger partial charge in [-0.05, 0) is 25.0 Å². The molecule has 0 spiro atoms. The van der Waals surface area contributed by atoms with E-state index in [1.54, 1.807) is 0 Å². The fourth-order valence-electron chi connectivity index (χ4n) is 1.34. The molecule has 0 aliphatic heterocycles. The van der Waals surface area contributed by atoms with Gasteiger partial charge in [0.15, 0.2) is 9.84 Å². The summed E-state index contributed by atoms with van der Waals surface area (Å²) >= 11 is 0. The van der Waals surface area contributed by atoms with Crippen molar-refractivity contribution in [1.29, 1.82) is 0 Å². The molecule has 94 valence electrons. The van der Waals surface area contributed by atoms with E-state index >= 15 is 0 Å². The van der Waals surface area contributed by atoms with E-state index in [4.69, 9.17) is 10.8 Å². The van der Waals surface area contributed by atoms with Crippen molar-refractivity contribution in [2.24, 2.45) is 0 Å². The lowest BCUT2D eigenvalue weighted by Crippen LogP contribution is -2.04. The molecule has 7 heteroatoms. The van der Waals surface area contributed by atoms with Crippen molar-refractivity contribution >= 4 is 21.6 Å². The van der Waals surface area contributed by atoms with Crippen molar-refractivity contribution in [3.8, 4) is 0 Å². The highest BCUT2D eigenvalue weighted by Gasteiger charge is 2.10. The SMILES string of the molecule is CS(=O)(=O)c1cc(N)nc(CCCC(=O)O)c1. The molecule has 0 fully saturated rings. The number of hydrogen-bond acceptors (Lipinski definition) is 5. The molecule has 0 atom stereocenters. The van der Waals surface area contributed by atoms with Gasteiger partial charge in [0.2, 0.25) is 0 Å². The van der Waals surface area contributed by atoms with Gasteiger partial charge in [0.1, 0.15) is 5.82 Å². The third-order valence-electron chi connectivity index (χ3n) is 2.12. The van der Waals surface area contributed by atoms with Crippen LogP contribution in [0.5, 0.6) is 0 Å². The van der Waals surface area contributed by atoms with Gasteiger partial charge in [0.25, 0.3) is 0 Å². The predicted molar refractivity (Wildman–Crippen MR) is 62.3 cm³/mol. The van der Waals surface area contributed by atoms with Gasteiger partial charge >= 0.3 is 5.97 Å². The van der Waals surface area contributed by atoms with Crippen molar-refractivity contribution in [2.45, 2.75) is 24.2 Å². The fraction of sp³-hybridized carbons (Fsp3) is 0.400. The first-order valence-corrected chi connectivity index (χ1v) is 6.86. The van der Waals surface area contributed by atoms with E-state index < -0.39 is 15.8 Å². The summed E-state index contributed by atoms with van der Waals surface area (Å²) in [4.78, 5) is 14.4. The van der Waals surface area contributed by atoms with Gasteiger partial charge in [0.05, 0.1) is 4.90 Å². The Bertz CT molecular complexity index is 525. The lowest BCUT2D eigenvalue weighted by Gasteiger charge is -2.04. The number of nitrogens with zero attached hydrogens (tertiary/aromatic N) is 1. The third-order valence-corrected chi connectivity index (χ3v) is 3.22. The Morgan fingerprint density at radius 3 is 2.65 bits per heavy atom. The number of nitrogen functional groups attached to an aromatic ring is 1. The number of anilines is 1. The van der Waals surface area contributed by atoms with E-state index in [2.05, 4.69) is 4.98 Å². The maximum atomic E-state index is 11.3. The van der Waals surface area contributed by atoms with E-state index in [-0.39, 0.29) is 17.1 Å². The molecule has 6 nitrogen and oxygen atoms in total. The van der Waals surface area contributed by atoms with Gasteiger partial charge in [0, 0.05) is 18.4 Å². The van der Waals surface area contributed by atoms with Gasteiger partial charge in [-0.25, -0.2) is 13.4 Å². The summed E-state index contributed by atoms with van der Waals surface area (Å²) in [7, 11) is -3.33. The Hall–Kier alpha value is -1.63. The van der Waals surface area contributed by atoms with Crippen LogP contribution in [0.4, 0.5) is 5.82 Å². The standard InChI is InChI=1S/C10H14N2O4S/c1-17(15,16)8-5-7(12-9(11)6-8)3-2-4-10(13)14/h5-6H,2-4H2,1H3,(H2,11,12)(H,13,14). The van der Waals surface area contributed by atoms with Gasteiger partial charge in [-0.15, -0.1) is 0 Å². The van der Waals surface area contributed by atoms with Crippen LogP contribution in [0.2, 0.25) is 0 Å². The van der Waals surface area contributed by atoms with Crippen LogP contribution in [0, 0.1) is 0 Å². The van der Waals surface area contributed by atoms with Crippen molar-refractivity contribution in [3.63, 3.8) is 0 Å². The topological polar surface area (TPSA) is 110 Å². The van der Waals surface area contributed by atoms with Crippen LogP contribution in [-0.4, -0.2) is 30.7 Å². The fourth-order valence-corrected chi connectivity index (χ4v) is 2.03. The average molecular weight is 258 g/mol. The quantitative estimate of drug-likeness (QED) is 0.794. The second-order valence-corrected chi connectivity index (χ2v) is 5.75. The van der Waals surface area contributed by atoms with Crippen LogP contribution in [0.25, 0.3) is 0 Å². The number of sulfone groups is 1. The summed E-state index contributed by atoms with van der Waals surface area (Å²) in [5.41, 5.74) is 5.99. The van der Waals surface area contributed by atoms with E-state index in [1.807, 2.05) is 0 Å². The number of rotatable bonds is 5. The highest BCUT2D eigenvalue weighted by atomic mass is 32.2. The zero-order valence-electron chi connectivity index (χ0n) is 9.38. The molecule has 3 N–H and O–H groups in total. The van der Waals surface area contributed by atoms with Crippen LogP contribution >= 0.6 is 0 Å². The molecule has 1 heterocycles. The van der Waals surface area contributed by atoms with E-state index in [0.29, 0.717) is 18.5 Å². The molecule has 1 aromatic heterocycles. The second-order valence-electron chi connectivity index (χ2n) is 3.74. The van der Waals surface area contributed by atoms with Crippen molar-refractivity contribution in [3.05, 3.63) is 17.8 Å². The monoisotopic (exact) mass is 258 g/mol. The van der Waals surface area contributed by atoms with Crippen molar-refractivity contribution in [1.82, 2.24) is 4.98 Å². The number of carboxylic acid groups (broad SMARTS) is 1. The van der Waals surface area contributed by atoms with Crippen molar-refractivity contribution < 1.29 is 18.3 Å². The zero-order valence-corrected chi connectivity index (χ0v) is 10.2. The molecular formula is C10H14N2O4S. The third kappa shape index (κ3) is 4.39. The van der Waals surface area contributed by atoms with Gasteiger partial charge in [-0.2, -0.15) is 0 Å². The summed E-state index contributed by atoms with van der Waals surface area (Å²) in [6.45, 7) is 0. The van der Waals surface area contributed by atoms with E-state index in [1.165, 1.54) is 12.1 Å². The molecule has 0 saturated carbocycles. The highest BCUT2D eigenvalue weighted by molar-refractivity contribution is 7.90. The normalized spacial score (nSPS) is 11.4. The van der Waals surface area contributed by atoms with Crippen LogP contribution in [0.1, 0.15) is 18.5 Å². The zero-order chi connectivity index (χ0) is 13.1. The maximum absolute atomic E-state index is 11.3. The summed E-state index contributed by atoms with van der Waals surface area (Å²) in [5, 5.41) is 8.49. The summed E-state index contributed by atoms with van der Waals surface area (Å²) in [6, 6.07) is 2.71. The number of carbonyl (C=O) groups is 1. The Morgan fingerprint density at radius 2 is 2.12 bits per heavy atom. The van der Waals surface area contributed by atoms with Crippen LogP contribution in [0.15, 0.2) is 17.0 Å². The van der Waals surface area contributed by atoms with Gasteiger partial charge < -0.3 is 10.8 Å².